The molecular weight excluding hydrogens is 233 g/mol. The molecule has 0 bridgehead atoms. The summed E-state index contributed by atoms with van der Waals surface area (Å²) < 4.78 is 19.0. The lowest BCUT2D eigenvalue weighted by atomic mass is 10.3. The van der Waals surface area contributed by atoms with Crippen molar-refractivity contribution in [1.82, 2.24) is 14.0 Å². The second kappa shape index (κ2) is 8.25. The van der Waals surface area contributed by atoms with Crippen molar-refractivity contribution in [1.29, 1.82) is 0 Å². The van der Waals surface area contributed by atoms with Gasteiger partial charge in [-0.25, -0.2) is 14.0 Å². The quantitative estimate of drug-likeness (QED) is 0.597. The summed E-state index contributed by atoms with van der Waals surface area (Å²) in [7, 11) is 5.10. The predicted octanol–water partition coefficient (Wildman–Crippen LogP) is 3.12. The van der Waals surface area contributed by atoms with Crippen LogP contribution in [0.4, 0.5) is 0 Å². The molecule has 0 fully saturated rings. The molecule has 0 saturated heterocycles. The lowest BCUT2D eigenvalue weighted by molar-refractivity contribution is 0.319. The van der Waals surface area contributed by atoms with Crippen molar-refractivity contribution in [2.45, 2.75) is 39.5 Å². The molecule has 0 amide bonds. The first-order valence-corrected chi connectivity index (χ1v) is 8.18. The molecule has 5 heteroatoms. The third-order valence-electron chi connectivity index (χ3n) is 2.95. The smallest absolute Gasteiger partial charge is 0.270 e. The second-order valence-corrected chi connectivity index (χ2v) is 8.06. The van der Waals surface area contributed by atoms with E-state index in [4.69, 9.17) is 0 Å². The Hall–Kier alpha value is 0.110. The Bertz CT molecular complexity index is 224. The lowest BCUT2D eigenvalue weighted by Gasteiger charge is -2.39. The van der Waals surface area contributed by atoms with Gasteiger partial charge in [0.05, 0.1) is 0 Å². The highest BCUT2D eigenvalue weighted by Crippen LogP contribution is 2.53. The topological polar surface area (TPSA) is 26.8 Å². The fraction of sp³-hybridized carbons (Fsp3) is 1.00. The minimum atomic E-state index is -2.53. The largest absolute Gasteiger partial charge is 0.285 e. The van der Waals surface area contributed by atoms with Crippen molar-refractivity contribution in [2.24, 2.45) is 0 Å². The van der Waals surface area contributed by atoms with E-state index in [1.165, 1.54) is 0 Å². The van der Waals surface area contributed by atoms with E-state index in [1.807, 2.05) is 37.5 Å². The second-order valence-electron chi connectivity index (χ2n) is 4.87. The molecule has 0 aromatic rings. The van der Waals surface area contributed by atoms with Gasteiger partial charge in [-0.1, -0.05) is 26.7 Å². The number of nitrogens with zero attached hydrogens (tertiary/aromatic N) is 3. The van der Waals surface area contributed by atoms with Crippen LogP contribution in [0.5, 0.6) is 0 Å². The van der Waals surface area contributed by atoms with Crippen molar-refractivity contribution < 1.29 is 4.57 Å². The van der Waals surface area contributed by atoms with Gasteiger partial charge in [0, 0.05) is 13.1 Å². The molecule has 0 aromatic carbocycles. The Kier molecular flexibility index (Phi) is 8.31. The van der Waals surface area contributed by atoms with Gasteiger partial charge in [0.1, 0.15) is 0 Å². The van der Waals surface area contributed by atoms with Crippen LogP contribution in [-0.2, 0) is 4.57 Å². The standard InChI is InChI=1S/C12H30N3OP/c1-7-9-11-15(12-10-8-2)17(16,13(3)4)14(5)6/h7-12H2,1-6H3. The van der Waals surface area contributed by atoms with Gasteiger partial charge < -0.3 is 0 Å². The Morgan fingerprint density at radius 2 is 1.18 bits per heavy atom. The molecule has 0 saturated carbocycles. The zero-order chi connectivity index (χ0) is 13.5. The van der Waals surface area contributed by atoms with Crippen molar-refractivity contribution in [3.05, 3.63) is 0 Å². The van der Waals surface area contributed by atoms with Gasteiger partial charge in [-0.05, 0) is 41.0 Å². The van der Waals surface area contributed by atoms with Crippen LogP contribution in [0.25, 0.3) is 0 Å². The van der Waals surface area contributed by atoms with E-state index in [1.54, 1.807) is 0 Å². The van der Waals surface area contributed by atoms with Crippen LogP contribution in [-0.4, -0.2) is 55.3 Å². The van der Waals surface area contributed by atoms with E-state index >= 15 is 0 Å². The van der Waals surface area contributed by atoms with Gasteiger partial charge in [-0.2, -0.15) is 0 Å². The molecule has 104 valence electrons. The minimum Gasteiger partial charge on any atom is -0.270 e. The Labute approximate surface area is 107 Å². The highest BCUT2D eigenvalue weighted by Gasteiger charge is 2.34. The molecule has 0 radical (unpaired) electrons. The van der Waals surface area contributed by atoms with E-state index in [9.17, 15) is 4.57 Å². The molecule has 0 aliphatic heterocycles. The van der Waals surface area contributed by atoms with Crippen LogP contribution < -0.4 is 0 Å². The number of hydrogen-bond acceptors (Lipinski definition) is 1. The third kappa shape index (κ3) is 4.70. The van der Waals surface area contributed by atoms with E-state index in [0.717, 1.165) is 38.8 Å². The van der Waals surface area contributed by atoms with Crippen molar-refractivity contribution >= 4 is 7.59 Å². The summed E-state index contributed by atoms with van der Waals surface area (Å²) in [4.78, 5) is 0. The highest BCUT2D eigenvalue weighted by molar-refractivity contribution is 7.56. The van der Waals surface area contributed by atoms with E-state index in [2.05, 4.69) is 18.5 Å². The van der Waals surface area contributed by atoms with Gasteiger partial charge in [0.15, 0.2) is 0 Å². The Morgan fingerprint density at radius 3 is 1.41 bits per heavy atom. The molecule has 17 heavy (non-hydrogen) atoms. The summed E-state index contributed by atoms with van der Waals surface area (Å²) in [6, 6.07) is 0. The molecule has 0 atom stereocenters. The molecule has 0 aliphatic rings. The highest BCUT2D eigenvalue weighted by atomic mass is 31.2. The summed E-state index contributed by atoms with van der Waals surface area (Å²) >= 11 is 0. The zero-order valence-corrected chi connectivity index (χ0v) is 13.3. The molecule has 0 aliphatic carbocycles. The van der Waals surface area contributed by atoms with Crippen LogP contribution >= 0.6 is 7.59 Å². The first kappa shape index (κ1) is 17.1. The molecule has 0 aromatic heterocycles. The van der Waals surface area contributed by atoms with Crippen molar-refractivity contribution in [3.63, 3.8) is 0 Å². The number of hydrogen-bond donors (Lipinski definition) is 0. The Morgan fingerprint density at radius 1 is 0.824 bits per heavy atom. The Balaban J connectivity index is 4.87. The lowest BCUT2D eigenvalue weighted by Crippen LogP contribution is -2.36. The molecular formula is C12H30N3OP. The summed E-state index contributed by atoms with van der Waals surface area (Å²) in [5.41, 5.74) is 0. The van der Waals surface area contributed by atoms with Gasteiger partial charge in [-0.15, -0.1) is 0 Å². The summed E-state index contributed by atoms with van der Waals surface area (Å²) in [5, 5.41) is 0. The van der Waals surface area contributed by atoms with Gasteiger partial charge in [0.25, 0.3) is 7.59 Å². The molecule has 0 rings (SSSR count). The van der Waals surface area contributed by atoms with Crippen molar-refractivity contribution in [2.75, 3.05) is 41.3 Å². The normalized spacial score (nSPS) is 13.0. The van der Waals surface area contributed by atoms with Crippen LogP contribution in [0, 0.1) is 0 Å². The van der Waals surface area contributed by atoms with Gasteiger partial charge in [0.2, 0.25) is 0 Å². The van der Waals surface area contributed by atoms with Crippen LogP contribution in [0.1, 0.15) is 39.5 Å². The number of unbranched alkanes of at least 4 members (excludes halogenated alkanes) is 2. The fourth-order valence-electron chi connectivity index (χ4n) is 1.92. The van der Waals surface area contributed by atoms with E-state index in [0.29, 0.717) is 0 Å². The minimum absolute atomic E-state index is 0.921. The monoisotopic (exact) mass is 263 g/mol. The molecule has 0 spiro atoms. The third-order valence-corrected chi connectivity index (χ3v) is 6.17. The van der Waals surface area contributed by atoms with E-state index in [-0.39, 0.29) is 0 Å². The fourth-order valence-corrected chi connectivity index (χ4v) is 4.45. The maximum absolute atomic E-state index is 13.1. The predicted molar refractivity (Wildman–Crippen MR) is 76.4 cm³/mol. The zero-order valence-electron chi connectivity index (χ0n) is 12.4. The first-order chi connectivity index (χ1) is 7.91. The molecule has 0 heterocycles. The maximum atomic E-state index is 13.1. The SMILES string of the molecule is CCCCN(CCCC)P(=O)(N(C)C)N(C)C. The van der Waals surface area contributed by atoms with Crippen LogP contribution in [0.15, 0.2) is 0 Å². The molecule has 4 nitrogen and oxygen atoms in total. The summed E-state index contributed by atoms with van der Waals surface area (Å²) in [6.45, 7) is 6.19. The van der Waals surface area contributed by atoms with Crippen LogP contribution in [0.3, 0.4) is 0 Å². The average molecular weight is 263 g/mol. The van der Waals surface area contributed by atoms with E-state index < -0.39 is 7.59 Å². The maximum Gasteiger partial charge on any atom is 0.285 e. The molecule has 0 unspecified atom stereocenters. The summed E-state index contributed by atoms with van der Waals surface area (Å²) in [5.74, 6) is 0. The number of rotatable bonds is 9. The summed E-state index contributed by atoms with van der Waals surface area (Å²) in [6.07, 6.45) is 4.50. The average Bonchev–Trinajstić information content (AvgIpc) is 2.27. The van der Waals surface area contributed by atoms with Crippen LogP contribution in [0.2, 0.25) is 0 Å². The van der Waals surface area contributed by atoms with Crippen molar-refractivity contribution in [3.8, 4) is 0 Å². The van der Waals surface area contributed by atoms with Gasteiger partial charge in [-0.3, -0.25) is 4.57 Å². The molecule has 0 N–H and O–H groups in total. The first-order valence-electron chi connectivity index (χ1n) is 6.62. The van der Waals surface area contributed by atoms with Gasteiger partial charge >= 0.3 is 0 Å².